The fraction of sp³-hybridized carbons (Fsp3) is 0.125. The molecule has 0 fully saturated rings. The number of aryl methyl sites for hydroxylation is 1. The maximum absolute atomic E-state index is 11.1. The van der Waals surface area contributed by atoms with Crippen molar-refractivity contribution in [3.63, 3.8) is 0 Å². The molecule has 1 rings (SSSR count). The Morgan fingerprint density at radius 2 is 2.17 bits per heavy atom. The Morgan fingerprint density at radius 1 is 1.50 bits per heavy atom. The second kappa shape index (κ2) is 3.23. The zero-order valence-electron chi connectivity index (χ0n) is 6.79. The van der Waals surface area contributed by atoms with Crippen molar-refractivity contribution in [2.75, 3.05) is 5.73 Å². The van der Waals surface area contributed by atoms with E-state index in [1.54, 1.807) is 25.1 Å². The number of nitrogen functional groups attached to an aromatic ring is 2. The Kier molecular flexibility index (Phi) is 2.30. The highest BCUT2D eigenvalue weighted by atomic mass is 16.2. The van der Waals surface area contributed by atoms with Gasteiger partial charge < -0.3 is 5.73 Å². The first kappa shape index (κ1) is 8.55. The van der Waals surface area contributed by atoms with Gasteiger partial charge in [-0.3, -0.25) is 10.2 Å². The van der Waals surface area contributed by atoms with Gasteiger partial charge in [-0.05, 0) is 18.6 Å². The molecule has 0 unspecified atom stereocenters. The number of carbonyl (C=O) groups excluding carboxylic acids is 1. The molecule has 12 heavy (non-hydrogen) atoms. The number of hydrogen-bond acceptors (Lipinski definition) is 3. The first-order valence-electron chi connectivity index (χ1n) is 3.53. The van der Waals surface area contributed by atoms with Gasteiger partial charge in [-0.15, -0.1) is 0 Å². The van der Waals surface area contributed by atoms with Crippen LogP contribution in [0.2, 0.25) is 0 Å². The number of rotatable bonds is 1. The summed E-state index contributed by atoms with van der Waals surface area (Å²) in [6, 6.07) is 5.26. The van der Waals surface area contributed by atoms with E-state index in [1.807, 2.05) is 5.43 Å². The van der Waals surface area contributed by atoms with Gasteiger partial charge in [0.15, 0.2) is 0 Å². The Labute approximate surface area is 70.5 Å². The molecule has 1 amide bonds. The molecule has 4 heteroatoms. The lowest BCUT2D eigenvalue weighted by atomic mass is 10.1. The molecular formula is C8H11N3O. The summed E-state index contributed by atoms with van der Waals surface area (Å²) >= 11 is 0. The number of benzene rings is 1. The van der Waals surface area contributed by atoms with Crippen LogP contribution in [0, 0.1) is 6.92 Å². The Bertz CT molecular complexity index is 289. The van der Waals surface area contributed by atoms with E-state index < -0.39 is 0 Å². The third-order valence-corrected chi connectivity index (χ3v) is 1.66. The van der Waals surface area contributed by atoms with Crippen molar-refractivity contribution in [2.24, 2.45) is 5.84 Å². The van der Waals surface area contributed by atoms with Gasteiger partial charge in [0.2, 0.25) is 0 Å². The predicted octanol–water partition coefficient (Wildman–Crippen LogP) is 0.181. The number of hydrogen-bond donors (Lipinski definition) is 3. The first-order valence-corrected chi connectivity index (χ1v) is 3.53. The van der Waals surface area contributed by atoms with Crippen molar-refractivity contribution in [3.8, 4) is 0 Å². The molecule has 4 nitrogen and oxygen atoms in total. The van der Waals surface area contributed by atoms with Gasteiger partial charge in [0.05, 0.1) is 5.56 Å². The standard InChI is InChI=1S/C8H11N3O/c1-5-3-2-4-6(9)7(5)8(12)11-10/h2-4H,9-10H2,1H3,(H,11,12). The van der Waals surface area contributed by atoms with E-state index in [1.165, 1.54) is 0 Å². The molecule has 0 atom stereocenters. The molecule has 1 aromatic rings. The van der Waals surface area contributed by atoms with Crippen molar-refractivity contribution >= 4 is 11.6 Å². The van der Waals surface area contributed by atoms with Gasteiger partial charge in [-0.1, -0.05) is 12.1 Å². The summed E-state index contributed by atoms with van der Waals surface area (Å²) in [5.41, 5.74) is 9.33. The Morgan fingerprint density at radius 3 is 2.67 bits per heavy atom. The maximum atomic E-state index is 11.1. The largest absolute Gasteiger partial charge is 0.398 e. The molecule has 0 aliphatic rings. The normalized spacial score (nSPS) is 9.50. The van der Waals surface area contributed by atoms with Crippen molar-refractivity contribution in [1.82, 2.24) is 5.43 Å². The molecule has 64 valence electrons. The second-order valence-electron chi connectivity index (χ2n) is 2.51. The van der Waals surface area contributed by atoms with Crippen LogP contribution in [-0.2, 0) is 0 Å². The smallest absolute Gasteiger partial charge is 0.267 e. The number of amides is 1. The molecule has 5 N–H and O–H groups in total. The minimum absolute atomic E-state index is 0.356. The number of carbonyl (C=O) groups is 1. The summed E-state index contributed by atoms with van der Waals surface area (Å²) < 4.78 is 0. The quantitative estimate of drug-likeness (QED) is 0.240. The number of hydrazine groups is 1. The molecule has 1 aromatic carbocycles. The summed E-state index contributed by atoms with van der Waals surface area (Å²) in [6.07, 6.45) is 0. The summed E-state index contributed by atoms with van der Waals surface area (Å²) in [6.45, 7) is 1.81. The van der Waals surface area contributed by atoms with Gasteiger partial charge >= 0.3 is 0 Å². The fourth-order valence-electron chi connectivity index (χ4n) is 1.07. The topological polar surface area (TPSA) is 81.1 Å². The van der Waals surface area contributed by atoms with Crippen LogP contribution in [0.1, 0.15) is 15.9 Å². The van der Waals surface area contributed by atoms with Crippen molar-refractivity contribution in [2.45, 2.75) is 6.92 Å². The highest BCUT2D eigenvalue weighted by Gasteiger charge is 2.09. The van der Waals surface area contributed by atoms with Crippen LogP contribution in [0.4, 0.5) is 5.69 Å². The molecule has 0 spiro atoms. The lowest BCUT2D eigenvalue weighted by Gasteiger charge is -2.06. The van der Waals surface area contributed by atoms with Gasteiger partial charge in [-0.2, -0.15) is 0 Å². The fourth-order valence-corrected chi connectivity index (χ4v) is 1.07. The van der Waals surface area contributed by atoms with Gasteiger partial charge in [0.1, 0.15) is 0 Å². The maximum Gasteiger partial charge on any atom is 0.267 e. The van der Waals surface area contributed by atoms with Crippen LogP contribution in [0.5, 0.6) is 0 Å². The van der Waals surface area contributed by atoms with Crippen LogP contribution < -0.4 is 17.0 Å². The number of anilines is 1. The zero-order valence-corrected chi connectivity index (χ0v) is 6.79. The third-order valence-electron chi connectivity index (χ3n) is 1.66. The molecule has 0 radical (unpaired) electrons. The van der Waals surface area contributed by atoms with Crippen molar-refractivity contribution < 1.29 is 4.79 Å². The molecule has 0 aromatic heterocycles. The lowest BCUT2D eigenvalue weighted by Crippen LogP contribution is -2.31. The van der Waals surface area contributed by atoms with Gasteiger partial charge in [-0.25, -0.2) is 5.84 Å². The van der Waals surface area contributed by atoms with Crippen LogP contribution in [-0.4, -0.2) is 5.91 Å². The van der Waals surface area contributed by atoms with E-state index in [0.717, 1.165) is 5.56 Å². The van der Waals surface area contributed by atoms with Gasteiger partial charge in [0, 0.05) is 5.69 Å². The van der Waals surface area contributed by atoms with Gasteiger partial charge in [0.25, 0.3) is 5.91 Å². The average Bonchev–Trinajstić information content (AvgIpc) is 2.03. The SMILES string of the molecule is Cc1cccc(N)c1C(=O)NN. The molecule has 0 aliphatic heterocycles. The summed E-state index contributed by atoms with van der Waals surface area (Å²) in [5.74, 6) is 4.63. The summed E-state index contributed by atoms with van der Waals surface area (Å²) in [7, 11) is 0. The van der Waals surface area contributed by atoms with E-state index in [2.05, 4.69) is 0 Å². The Balaban J connectivity index is 3.21. The van der Waals surface area contributed by atoms with E-state index in [0.29, 0.717) is 11.3 Å². The molecule has 0 saturated heterocycles. The van der Waals surface area contributed by atoms with Crippen LogP contribution in [0.15, 0.2) is 18.2 Å². The van der Waals surface area contributed by atoms with Crippen molar-refractivity contribution in [1.29, 1.82) is 0 Å². The van der Waals surface area contributed by atoms with E-state index >= 15 is 0 Å². The summed E-state index contributed by atoms with van der Waals surface area (Å²) in [5, 5.41) is 0. The van der Waals surface area contributed by atoms with E-state index in [9.17, 15) is 4.79 Å². The molecule has 0 bridgehead atoms. The number of nitrogens with two attached hydrogens (primary N) is 2. The predicted molar refractivity (Wildman–Crippen MR) is 47.2 cm³/mol. The minimum Gasteiger partial charge on any atom is -0.398 e. The second-order valence-corrected chi connectivity index (χ2v) is 2.51. The first-order chi connectivity index (χ1) is 5.66. The molecular weight excluding hydrogens is 154 g/mol. The van der Waals surface area contributed by atoms with E-state index in [-0.39, 0.29) is 5.91 Å². The number of nitrogens with one attached hydrogen (secondary N) is 1. The van der Waals surface area contributed by atoms with Crippen molar-refractivity contribution in [3.05, 3.63) is 29.3 Å². The lowest BCUT2D eigenvalue weighted by molar-refractivity contribution is 0.0954. The minimum atomic E-state index is -0.356. The monoisotopic (exact) mass is 165 g/mol. The summed E-state index contributed by atoms with van der Waals surface area (Å²) in [4.78, 5) is 11.1. The van der Waals surface area contributed by atoms with Crippen LogP contribution in [0.3, 0.4) is 0 Å². The molecule has 0 heterocycles. The van der Waals surface area contributed by atoms with Crippen LogP contribution >= 0.6 is 0 Å². The third kappa shape index (κ3) is 1.38. The zero-order chi connectivity index (χ0) is 9.14. The highest BCUT2D eigenvalue weighted by Crippen LogP contribution is 2.15. The molecule has 0 aliphatic carbocycles. The van der Waals surface area contributed by atoms with Crippen LogP contribution in [0.25, 0.3) is 0 Å². The highest BCUT2D eigenvalue weighted by molar-refractivity contribution is 6.00. The van der Waals surface area contributed by atoms with E-state index in [4.69, 9.17) is 11.6 Å². The Hall–Kier alpha value is -1.55. The average molecular weight is 165 g/mol. The molecule has 0 saturated carbocycles.